The van der Waals surface area contributed by atoms with Gasteiger partial charge >= 0.3 is 0 Å². The molecule has 1 aromatic heterocycles. The summed E-state index contributed by atoms with van der Waals surface area (Å²) in [5, 5.41) is 7.55. The molecule has 0 aliphatic carbocycles. The van der Waals surface area contributed by atoms with Crippen molar-refractivity contribution in [2.45, 2.75) is 0 Å². The van der Waals surface area contributed by atoms with Crippen molar-refractivity contribution >= 4 is 0 Å². The van der Waals surface area contributed by atoms with Gasteiger partial charge in [-0.2, -0.15) is 5.10 Å². The number of nitrogens with zero attached hydrogens (tertiary/aromatic N) is 2. The lowest BCUT2D eigenvalue weighted by Gasteiger charge is -2.09. The highest BCUT2D eigenvalue weighted by atomic mass is 16.5. The predicted molar refractivity (Wildman–Crippen MR) is 61.7 cm³/mol. The van der Waals surface area contributed by atoms with Crippen LogP contribution in [-0.4, -0.2) is 24.4 Å². The van der Waals surface area contributed by atoms with Gasteiger partial charge in [-0.05, 0) is 18.2 Å². The first-order chi connectivity index (χ1) is 8.33. The zero-order valence-corrected chi connectivity index (χ0v) is 9.58. The summed E-state index contributed by atoms with van der Waals surface area (Å²) in [4.78, 5) is 0. The first-order valence-corrected chi connectivity index (χ1v) is 5.01. The Labute approximate surface area is 99.0 Å². The monoisotopic (exact) mass is 232 g/mol. The summed E-state index contributed by atoms with van der Waals surface area (Å²) in [5.41, 5.74) is 0. The molecule has 0 bridgehead atoms. The van der Waals surface area contributed by atoms with Crippen LogP contribution in [0.4, 0.5) is 0 Å². The van der Waals surface area contributed by atoms with Gasteiger partial charge in [0.1, 0.15) is 5.75 Å². The molecule has 0 unspecified atom stereocenters. The van der Waals surface area contributed by atoms with Crippen LogP contribution in [0.3, 0.4) is 0 Å². The van der Waals surface area contributed by atoms with E-state index in [1.807, 2.05) is 0 Å². The SMILES string of the molecule is COc1ccc(Oc2cccnn2)cc1OC. The first kappa shape index (κ1) is 11.2. The molecule has 0 spiro atoms. The third-order valence-corrected chi connectivity index (χ3v) is 2.13. The summed E-state index contributed by atoms with van der Waals surface area (Å²) in [7, 11) is 3.16. The fourth-order valence-corrected chi connectivity index (χ4v) is 1.34. The lowest BCUT2D eigenvalue weighted by atomic mass is 10.3. The van der Waals surface area contributed by atoms with E-state index in [1.165, 1.54) is 0 Å². The van der Waals surface area contributed by atoms with Crippen molar-refractivity contribution in [1.29, 1.82) is 0 Å². The molecule has 88 valence electrons. The van der Waals surface area contributed by atoms with E-state index >= 15 is 0 Å². The van der Waals surface area contributed by atoms with Crippen molar-refractivity contribution in [3.05, 3.63) is 36.5 Å². The van der Waals surface area contributed by atoms with Gasteiger partial charge in [-0.1, -0.05) is 0 Å². The third-order valence-electron chi connectivity index (χ3n) is 2.13. The van der Waals surface area contributed by atoms with Crippen molar-refractivity contribution < 1.29 is 14.2 Å². The molecule has 0 saturated heterocycles. The minimum Gasteiger partial charge on any atom is -0.493 e. The van der Waals surface area contributed by atoms with Gasteiger partial charge in [0.25, 0.3) is 0 Å². The smallest absolute Gasteiger partial charge is 0.238 e. The zero-order valence-electron chi connectivity index (χ0n) is 9.58. The van der Waals surface area contributed by atoms with Crippen LogP contribution in [0.5, 0.6) is 23.1 Å². The second-order valence-corrected chi connectivity index (χ2v) is 3.18. The molecule has 5 nitrogen and oxygen atoms in total. The van der Waals surface area contributed by atoms with Crippen LogP contribution >= 0.6 is 0 Å². The molecule has 0 radical (unpaired) electrons. The minimum absolute atomic E-state index is 0.430. The van der Waals surface area contributed by atoms with Gasteiger partial charge in [-0.15, -0.1) is 5.10 Å². The Kier molecular flexibility index (Phi) is 3.40. The normalized spacial score (nSPS) is 9.76. The predicted octanol–water partition coefficient (Wildman–Crippen LogP) is 2.29. The van der Waals surface area contributed by atoms with Crippen molar-refractivity contribution in [2.24, 2.45) is 0 Å². The summed E-state index contributed by atoms with van der Waals surface area (Å²) in [5.74, 6) is 2.30. The molecule has 0 fully saturated rings. The van der Waals surface area contributed by atoms with Crippen molar-refractivity contribution in [3.8, 4) is 23.1 Å². The van der Waals surface area contributed by atoms with Crippen molar-refractivity contribution in [2.75, 3.05) is 14.2 Å². The molecular weight excluding hydrogens is 220 g/mol. The second-order valence-electron chi connectivity index (χ2n) is 3.18. The molecule has 0 aliphatic rings. The van der Waals surface area contributed by atoms with E-state index in [2.05, 4.69) is 10.2 Å². The Morgan fingerprint density at radius 1 is 1.00 bits per heavy atom. The average molecular weight is 232 g/mol. The molecule has 0 atom stereocenters. The van der Waals surface area contributed by atoms with Crippen LogP contribution in [0.2, 0.25) is 0 Å². The summed E-state index contributed by atoms with van der Waals surface area (Å²) >= 11 is 0. The Hall–Kier alpha value is -2.30. The second kappa shape index (κ2) is 5.16. The fourth-order valence-electron chi connectivity index (χ4n) is 1.34. The Morgan fingerprint density at radius 3 is 2.47 bits per heavy atom. The fraction of sp³-hybridized carbons (Fsp3) is 0.167. The number of hydrogen-bond donors (Lipinski definition) is 0. The van der Waals surface area contributed by atoms with Crippen LogP contribution in [0, 0.1) is 0 Å². The van der Waals surface area contributed by atoms with E-state index in [-0.39, 0.29) is 0 Å². The van der Waals surface area contributed by atoms with Gasteiger partial charge in [0.05, 0.1) is 14.2 Å². The standard InChI is InChI=1S/C12H12N2O3/c1-15-10-6-5-9(8-11(10)16-2)17-12-4-3-7-13-14-12/h3-8H,1-2H3. The highest BCUT2D eigenvalue weighted by molar-refractivity contribution is 5.46. The number of benzene rings is 1. The summed E-state index contributed by atoms with van der Waals surface area (Å²) in [6, 6.07) is 8.75. The molecule has 5 heteroatoms. The number of hydrogen-bond acceptors (Lipinski definition) is 5. The van der Waals surface area contributed by atoms with E-state index < -0.39 is 0 Å². The summed E-state index contributed by atoms with van der Waals surface area (Å²) in [6.07, 6.45) is 1.58. The van der Waals surface area contributed by atoms with Gasteiger partial charge in [0.15, 0.2) is 11.5 Å². The Bertz CT molecular complexity index is 488. The lowest BCUT2D eigenvalue weighted by molar-refractivity contribution is 0.351. The van der Waals surface area contributed by atoms with E-state index in [0.717, 1.165) is 0 Å². The number of rotatable bonds is 4. The van der Waals surface area contributed by atoms with Crippen LogP contribution in [0.25, 0.3) is 0 Å². The van der Waals surface area contributed by atoms with E-state index in [4.69, 9.17) is 14.2 Å². The lowest BCUT2D eigenvalue weighted by Crippen LogP contribution is -1.93. The van der Waals surface area contributed by atoms with Gasteiger partial charge in [0.2, 0.25) is 5.88 Å². The van der Waals surface area contributed by atoms with Gasteiger partial charge in [0, 0.05) is 18.3 Å². The van der Waals surface area contributed by atoms with Gasteiger partial charge < -0.3 is 14.2 Å². The van der Waals surface area contributed by atoms with Crippen molar-refractivity contribution in [1.82, 2.24) is 10.2 Å². The number of aromatic nitrogens is 2. The molecule has 0 amide bonds. The van der Waals surface area contributed by atoms with Gasteiger partial charge in [-0.3, -0.25) is 0 Å². The molecule has 1 heterocycles. The van der Waals surface area contributed by atoms with Crippen LogP contribution in [0.1, 0.15) is 0 Å². The third kappa shape index (κ3) is 2.63. The van der Waals surface area contributed by atoms with E-state index in [9.17, 15) is 0 Å². The highest BCUT2D eigenvalue weighted by Gasteiger charge is 2.06. The summed E-state index contributed by atoms with van der Waals surface area (Å²) in [6.45, 7) is 0. The molecule has 1 aromatic carbocycles. The topological polar surface area (TPSA) is 53.5 Å². The summed E-state index contributed by atoms with van der Waals surface area (Å²) < 4.78 is 15.8. The maximum Gasteiger partial charge on any atom is 0.238 e. The molecular formula is C12H12N2O3. The average Bonchev–Trinajstić information content (AvgIpc) is 2.40. The van der Waals surface area contributed by atoms with E-state index in [1.54, 1.807) is 50.7 Å². The largest absolute Gasteiger partial charge is 0.493 e. The quantitative estimate of drug-likeness (QED) is 0.809. The van der Waals surface area contributed by atoms with Crippen LogP contribution in [0.15, 0.2) is 36.5 Å². The molecule has 17 heavy (non-hydrogen) atoms. The first-order valence-electron chi connectivity index (χ1n) is 5.01. The molecule has 2 rings (SSSR count). The number of methoxy groups -OCH3 is 2. The van der Waals surface area contributed by atoms with Crippen molar-refractivity contribution in [3.63, 3.8) is 0 Å². The zero-order chi connectivity index (χ0) is 12.1. The molecule has 2 aromatic rings. The highest BCUT2D eigenvalue weighted by Crippen LogP contribution is 2.32. The van der Waals surface area contributed by atoms with E-state index in [0.29, 0.717) is 23.1 Å². The molecule has 0 aliphatic heterocycles. The van der Waals surface area contributed by atoms with Gasteiger partial charge in [-0.25, -0.2) is 0 Å². The molecule has 0 saturated carbocycles. The van der Waals surface area contributed by atoms with Crippen LogP contribution < -0.4 is 14.2 Å². The molecule has 0 N–H and O–H groups in total. The van der Waals surface area contributed by atoms with Crippen LogP contribution in [-0.2, 0) is 0 Å². The maximum atomic E-state index is 5.51. The number of ether oxygens (including phenoxy) is 3. The maximum absolute atomic E-state index is 5.51. The minimum atomic E-state index is 0.430. The Balaban J connectivity index is 2.22. The Morgan fingerprint density at radius 2 is 1.82 bits per heavy atom.